The zero-order valence-electron chi connectivity index (χ0n) is 7.08. The summed E-state index contributed by atoms with van der Waals surface area (Å²) in [5.74, 6) is 0.987. The molecule has 3 atom stereocenters. The first-order valence-corrected chi connectivity index (χ1v) is 4.09. The lowest BCUT2D eigenvalue weighted by Gasteiger charge is -2.15. The van der Waals surface area contributed by atoms with Crippen molar-refractivity contribution in [3.05, 3.63) is 12.2 Å². The van der Waals surface area contributed by atoms with Crippen LogP contribution in [0.3, 0.4) is 0 Å². The van der Waals surface area contributed by atoms with Crippen LogP contribution in [0.25, 0.3) is 0 Å². The molecule has 2 heteroatoms. The molecule has 0 N–H and O–H groups in total. The van der Waals surface area contributed by atoms with Crippen LogP contribution in [0.2, 0.25) is 0 Å². The maximum absolute atomic E-state index is 10.8. The molecule has 1 nitrogen and oxygen atoms in total. The minimum Gasteiger partial charge on any atom is -0.312 e. The summed E-state index contributed by atoms with van der Waals surface area (Å²) in [6, 6.07) is 0. The van der Waals surface area contributed by atoms with Crippen LogP contribution in [0.15, 0.2) is 12.2 Å². The third kappa shape index (κ3) is 1.95. The molecule has 0 aromatic carbocycles. The van der Waals surface area contributed by atoms with Crippen LogP contribution in [0.1, 0.15) is 20.3 Å². The normalized spacial score (nSPS) is 32.2. The average molecular weight is 148 g/mol. The zero-order chi connectivity index (χ0) is 8.43. The molecule has 0 spiro atoms. The molecule has 0 heterocycles. The monoisotopic (exact) mass is 148 g/mol. The highest BCUT2D eigenvalue weighted by Crippen LogP contribution is 2.28. The first-order chi connectivity index (χ1) is 5.11. The second-order valence-corrected chi connectivity index (χ2v) is 3.45. The van der Waals surface area contributed by atoms with Gasteiger partial charge in [-0.05, 0) is 18.3 Å². The van der Waals surface area contributed by atoms with E-state index in [1.807, 2.05) is 6.92 Å². The summed E-state index contributed by atoms with van der Waals surface area (Å²) in [4.78, 5) is 10.8. The Morgan fingerprint density at radius 3 is 2.64 bits per heavy atom. The lowest BCUT2D eigenvalue weighted by atomic mass is 9.80. The molecule has 1 aliphatic rings. The van der Waals surface area contributed by atoms with Crippen LogP contribution in [0, 0.1) is 17.8 Å². The summed E-state index contributed by atoms with van der Waals surface area (Å²) in [6.07, 6.45) is 5.34. The molecule has 0 aromatic rings. The summed E-state index contributed by atoms with van der Waals surface area (Å²) in [6.45, 7) is 4.06. The molecule has 2 radical (unpaired) electrons. The van der Waals surface area contributed by atoms with Crippen LogP contribution in [-0.2, 0) is 4.79 Å². The van der Waals surface area contributed by atoms with E-state index in [0.717, 1.165) is 6.42 Å². The molecule has 3 unspecified atom stereocenters. The smallest absolute Gasteiger partial charge is 0.168 e. The molecule has 0 bridgehead atoms. The predicted molar refractivity (Wildman–Crippen MR) is 46.3 cm³/mol. The van der Waals surface area contributed by atoms with Crippen molar-refractivity contribution in [1.29, 1.82) is 0 Å². The molecular formula is C9H13BO. The third-order valence-electron chi connectivity index (χ3n) is 2.42. The van der Waals surface area contributed by atoms with E-state index in [1.165, 1.54) is 0 Å². The van der Waals surface area contributed by atoms with Gasteiger partial charge in [0.2, 0.25) is 0 Å². The van der Waals surface area contributed by atoms with Crippen molar-refractivity contribution in [2.75, 3.05) is 0 Å². The number of carbonyl (C=O) groups is 1. The summed E-state index contributed by atoms with van der Waals surface area (Å²) in [5, 5.41) is 0. The minimum absolute atomic E-state index is 0.00352. The quantitative estimate of drug-likeness (QED) is 0.428. The SMILES string of the molecule is [B]C(=O)C(C)C1C=CC(C)C1. The highest BCUT2D eigenvalue weighted by Gasteiger charge is 2.23. The lowest BCUT2D eigenvalue weighted by molar-refractivity contribution is -0.115. The van der Waals surface area contributed by atoms with Crippen molar-refractivity contribution in [2.45, 2.75) is 20.3 Å². The molecule has 1 aliphatic carbocycles. The van der Waals surface area contributed by atoms with Crippen molar-refractivity contribution in [2.24, 2.45) is 17.8 Å². The van der Waals surface area contributed by atoms with Crippen molar-refractivity contribution in [3.8, 4) is 0 Å². The molecule has 58 valence electrons. The third-order valence-corrected chi connectivity index (χ3v) is 2.42. The molecule has 11 heavy (non-hydrogen) atoms. The average Bonchev–Trinajstić information content (AvgIpc) is 2.34. The van der Waals surface area contributed by atoms with E-state index >= 15 is 0 Å². The van der Waals surface area contributed by atoms with Crippen molar-refractivity contribution < 1.29 is 4.79 Å². The van der Waals surface area contributed by atoms with Crippen molar-refractivity contribution in [3.63, 3.8) is 0 Å². The fraction of sp³-hybridized carbons (Fsp3) is 0.667. The summed E-state index contributed by atoms with van der Waals surface area (Å²) < 4.78 is 0. The van der Waals surface area contributed by atoms with Gasteiger partial charge >= 0.3 is 0 Å². The Balaban J connectivity index is 2.51. The first kappa shape index (κ1) is 8.57. The Morgan fingerprint density at radius 1 is 1.64 bits per heavy atom. The van der Waals surface area contributed by atoms with Gasteiger partial charge in [0.1, 0.15) is 0 Å². The standard InChI is InChI=1S/C9H13BO/c1-6-3-4-8(5-6)7(2)9(10)11/h3-4,6-8H,5H2,1-2H3. The van der Waals surface area contributed by atoms with E-state index in [4.69, 9.17) is 7.85 Å². The lowest BCUT2D eigenvalue weighted by Crippen LogP contribution is -2.18. The Kier molecular flexibility index (Phi) is 2.53. The van der Waals surface area contributed by atoms with Crippen LogP contribution in [0.4, 0.5) is 0 Å². The maximum atomic E-state index is 10.8. The molecule has 0 amide bonds. The number of hydrogen-bond acceptors (Lipinski definition) is 1. The van der Waals surface area contributed by atoms with Gasteiger partial charge in [-0.25, -0.2) is 0 Å². The Bertz CT molecular complexity index is 186. The molecule has 0 saturated carbocycles. The van der Waals surface area contributed by atoms with Gasteiger partial charge in [0.15, 0.2) is 7.85 Å². The van der Waals surface area contributed by atoms with Crippen LogP contribution < -0.4 is 0 Å². The van der Waals surface area contributed by atoms with E-state index in [1.54, 1.807) is 0 Å². The Labute approximate surface area is 69.3 Å². The number of hydrogen-bond donors (Lipinski definition) is 0. The van der Waals surface area contributed by atoms with Crippen LogP contribution >= 0.6 is 0 Å². The summed E-state index contributed by atoms with van der Waals surface area (Å²) in [5.41, 5.74) is -0.186. The highest BCUT2D eigenvalue weighted by atomic mass is 16.1. The van der Waals surface area contributed by atoms with E-state index in [0.29, 0.717) is 11.8 Å². The summed E-state index contributed by atoms with van der Waals surface area (Å²) in [7, 11) is 5.19. The maximum Gasteiger partial charge on any atom is 0.168 e. The minimum atomic E-state index is -0.186. The Morgan fingerprint density at radius 2 is 2.27 bits per heavy atom. The van der Waals surface area contributed by atoms with Crippen LogP contribution in [0.5, 0.6) is 0 Å². The Hall–Kier alpha value is -0.525. The van der Waals surface area contributed by atoms with E-state index < -0.39 is 0 Å². The molecule has 0 aliphatic heterocycles. The van der Waals surface area contributed by atoms with E-state index in [-0.39, 0.29) is 11.6 Å². The van der Waals surface area contributed by atoms with Crippen molar-refractivity contribution in [1.82, 2.24) is 0 Å². The first-order valence-electron chi connectivity index (χ1n) is 4.09. The number of allylic oxidation sites excluding steroid dienone is 2. The van der Waals surface area contributed by atoms with Crippen LogP contribution in [-0.4, -0.2) is 13.5 Å². The second-order valence-electron chi connectivity index (χ2n) is 3.45. The highest BCUT2D eigenvalue weighted by molar-refractivity contribution is 6.58. The molecule has 0 aromatic heterocycles. The van der Waals surface area contributed by atoms with Gasteiger partial charge < -0.3 is 4.79 Å². The van der Waals surface area contributed by atoms with Crippen molar-refractivity contribution >= 4 is 13.5 Å². The van der Waals surface area contributed by atoms with Gasteiger partial charge in [0.05, 0.1) is 5.68 Å². The number of rotatable bonds is 2. The topological polar surface area (TPSA) is 17.1 Å². The van der Waals surface area contributed by atoms with E-state index in [9.17, 15) is 4.79 Å². The van der Waals surface area contributed by atoms with Gasteiger partial charge in [0, 0.05) is 5.92 Å². The second kappa shape index (κ2) is 3.25. The predicted octanol–water partition coefficient (Wildman–Crippen LogP) is 1.53. The fourth-order valence-corrected chi connectivity index (χ4v) is 1.50. The molecule has 1 rings (SSSR count). The molecular weight excluding hydrogens is 135 g/mol. The molecule has 0 fully saturated rings. The van der Waals surface area contributed by atoms with Gasteiger partial charge in [-0.15, -0.1) is 0 Å². The van der Waals surface area contributed by atoms with E-state index in [2.05, 4.69) is 19.1 Å². The zero-order valence-corrected chi connectivity index (χ0v) is 7.08. The van der Waals surface area contributed by atoms with Gasteiger partial charge in [-0.3, -0.25) is 0 Å². The molecule has 0 saturated heterocycles. The van der Waals surface area contributed by atoms with Gasteiger partial charge in [-0.2, -0.15) is 0 Å². The van der Waals surface area contributed by atoms with Gasteiger partial charge in [-0.1, -0.05) is 26.0 Å². The van der Waals surface area contributed by atoms with Gasteiger partial charge in [0.25, 0.3) is 0 Å². The number of carbonyl (C=O) groups excluding carboxylic acids is 1. The summed E-state index contributed by atoms with van der Waals surface area (Å²) >= 11 is 0. The largest absolute Gasteiger partial charge is 0.312 e. The fourth-order valence-electron chi connectivity index (χ4n) is 1.50.